The number of benzene rings is 1. The van der Waals surface area contributed by atoms with Crippen molar-refractivity contribution >= 4 is 17.5 Å². The molecule has 0 radical (unpaired) electrons. The number of nitrogens with one attached hydrogen (secondary N) is 1. The highest BCUT2D eigenvalue weighted by molar-refractivity contribution is 6.30. The van der Waals surface area contributed by atoms with Gasteiger partial charge in [0, 0.05) is 17.6 Å². The van der Waals surface area contributed by atoms with Gasteiger partial charge in [-0.25, -0.2) is 0 Å². The van der Waals surface area contributed by atoms with E-state index in [-0.39, 0.29) is 18.2 Å². The Bertz CT molecular complexity index is 585. The first-order chi connectivity index (χ1) is 9.63. The topological polar surface area (TPSA) is 53.2 Å². The smallest absolute Gasteiger partial charge is 0.286 e. The number of carbonyl (C=O) groups is 1. The summed E-state index contributed by atoms with van der Waals surface area (Å²) in [5.74, 6) is 0.0519. The molecule has 104 valence electrons. The van der Waals surface area contributed by atoms with E-state index < -0.39 is 0 Å². The van der Waals surface area contributed by atoms with Crippen molar-refractivity contribution < 1.29 is 14.5 Å². The Hall–Kier alpha value is -2.07. The van der Waals surface area contributed by atoms with Gasteiger partial charge in [-0.3, -0.25) is 4.79 Å². The number of hydrogen-bond acceptors (Lipinski definition) is 2. The van der Waals surface area contributed by atoms with Crippen molar-refractivity contribution in [2.45, 2.75) is 13.0 Å². The van der Waals surface area contributed by atoms with E-state index in [0.29, 0.717) is 11.6 Å². The summed E-state index contributed by atoms with van der Waals surface area (Å²) < 4.78 is 1.63. The maximum Gasteiger partial charge on any atom is 0.286 e. The minimum atomic E-state index is -0.0884. The van der Waals surface area contributed by atoms with E-state index in [4.69, 9.17) is 11.6 Å². The maximum atomic E-state index is 11.7. The van der Waals surface area contributed by atoms with Crippen molar-refractivity contribution in [2.24, 2.45) is 0 Å². The molecule has 1 heterocycles. The molecule has 1 aromatic carbocycles. The van der Waals surface area contributed by atoms with Gasteiger partial charge in [0.2, 0.25) is 12.7 Å². The molecule has 0 aliphatic rings. The Morgan fingerprint density at radius 3 is 2.70 bits per heavy atom. The summed E-state index contributed by atoms with van der Waals surface area (Å²) in [6.07, 6.45) is 4.00. The van der Waals surface area contributed by atoms with Gasteiger partial charge in [-0.15, -0.1) is 0 Å². The average Bonchev–Trinajstić information content (AvgIpc) is 2.41. The molecule has 0 aliphatic carbocycles. The molecule has 0 atom stereocenters. The Morgan fingerprint density at radius 1 is 1.25 bits per heavy atom. The monoisotopic (exact) mass is 291 g/mol. The van der Waals surface area contributed by atoms with E-state index in [1.165, 1.54) is 6.20 Å². The van der Waals surface area contributed by atoms with E-state index >= 15 is 0 Å². The molecule has 4 nitrogen and oxygen atoms in total. The van der Waals surface area contributed by atoms with Gasteiger partial charge in [-0.2, -0.15) is 4.57 Å². The fourth-order valence-electron chi connectivity index (χ4n) is 1.83. The molecule has 0 spiro atoms. The lowest BCUT2D eigenvalue weighted by Gasteiger charge is -2.04. The van der Waals surface area contributed by atoms with Crippen LogP contribution in [0.25, 0.3) is 0 Å². The van der Waals surface area contributed by atoms with Crippen LogP contribution >= 0.6 is 11.6 Å². The van der Waals surface area contributed by atoms with Crippen LogP contribution < -0.4 is 9.88 Å². The number of hydrogen-bond donors (Lipinski definition) is 2. The molecule has 0 aliphatic heterocycles. The molecule has 2 rings (SSSR count). The Labute approximate surface area is 122 Å². The molecule has 0 unspecified atom stereocenters. The highest BCUT2D eigenvalue weighted by Gasteiger charge is 2.09. The van der Waals surface area contributed by atoms with Crippen molar-refractivity contribution in [3.63, 3.8) is 0 Å². The molecule has 2 aromatic rings. The maximum absolute atomic E-state index is 11.7. The van der Waals surface area contributed by atoms with Crippen molar-refractivity contribution in [1.82, 2.24) is 5.32 Å². The summed E-state index contributed by atoms with van der Waals surface area (Å²) in [6, 6.07) is 10.8. The highest BCUT2D eigenvalue weighted by Crippen LogP contribution is 2.09. The van der Waals surface area contributed by atoms with E-state index in [2.05, 4.69) is 5.32 Å². The van der Waals surface area contributed by atoms with Crippen LogP contribution in [0.4, 0.5) is 0 Å². The zero-order valence-corrected chi connectivity index (χ0v) is 11.7. The summed E-state index contributed by atoms with van der Waals surface area (Å²) in [5, 5.41) is 12.9. The van der Waals surface area contributed by atoms with E-state index in [9.17, 15) is 9.90 Å². The Kier molecular flexibility index (Phi) is 4.96. The summed E-state index contributed by atoms with van der Waals surface area (Å²) >= 11 is 5.81. The fraction of sp³-hybridized carbons (Fsp3) is 0.200. The van der Waals surface area contributed by atoms with Crippen LogP contribution in [0.15, 0.2) is 48.8 Å². The molecule has 0 saturated heterocycles. The number of amides is 1. The molecule has 2 N–H and O–H groups in total. The number of aromatic hydroxyl groups is 1. The molecular formula is C15H16ClN2O2+. The average molecular weight is 292 g/mol. The van der Waals surface area contributed by atoms with Gasteiger partial charge in [-0.1, -0.05) is 23.7 Å². The Morgan fingerprint density at radius 2 is 2.00 bits per heavy atom. The van der Waals surface area contributed by atoms with Crippen molar-refractivity contribution in [3.8, 4) is 5.75 Å². The molecule has 20 heavy (non-hydrogen) atoms. The first kappa shape index (κ1) is 14.3. The van der Waals surface area contributed by atoms with Crippen LogP contribution in [0.5, 0.6) is 5.75 Å². The van der Waals surface area contributed by atoms with Crippen molar-refractivity contribution in [1.29, 1.82) is 0 Å². The summed E-state index contributed by atoms with van der Waals surface area (Å²) in [5.41, 5.74) is 1.12. The third kappa shape index (κ3) is 4.55. The second-order valence-corrected chi connectivity index (χ2v) is 4.90. The first-order valence-electron chi connectivity index (χ1n) is 6.33. The molecule has 0 fully saturated rings. The summed E-state index contributed by atoms with van der Waals surface area (Å²) in [7, 11) is 0. The predicted molar refractivity (Wildman–Crippen MR) is 76.5 cm³/mol. The zero-order chi connectivity index (χ0) is 14.4. The van der Waals surface area contributed by atoms with Gasteiger partial charge in [0.15, 0.2) is 11.9 Å². The largest absolute Gasteiger partial charge is 0.503 e. The number of pyridine rings is 1. The summed E-state index contributed by atoms with van der Waals surface area (Å²) in [4.78, 5) is 11.7. The van der Waals surface area contributed by atoms with Crippen LogP contribution in [-0.4, -0.2) is 17.6 Å². The molecule has 1 amide bonds. The number of halogens is 1. The lowest BCUT2D eigenvalue weighted by Crippen LogP contribution is -2.42. The second-order valence-electron chi connectivity index (χ2n) is 4.46. The van der Waals surface area contributed by atoms with Gasteiger partial charge < -0.3 is 10.4 Å². The molecule has 0 saturated carbocycles. The number of aromatic nitrogens is 1. The minimum absolute atomic E-state index is 0.0884. The summed E-state index contributed by atoms with van der Waals surface area (Å²) in [6.45, 7) is 0.759. The fourth-order valence-corrected chi connectivity index (χ4v) is 1.95. The van der Waals surface area contributed by atoms with Gasteiger partial charge in [0.25, 0.3) is 5.91 Å². The van der Waals surface area contributed by atoms with Gasteiger partial charge in [0.05, 0.1) is 0 Å². The van der Waals surface area contributed by atoms with Crippen LogP contribution in [-0.2, 0) is 17.8 Å². The number of carbonyl (C=O) groups excluding carboxylic acids is 1. The van der Waals surface area contributed by atoms with Crippen LogP contribution in [0.1, 0.15) is 5.56 Å². The van der Waals surface area contributed by atoms with Crippen molar-refractivity contribution in [3.05, 3.63) is 59.4 Å². The number of nitrogens with zero attached hydrogens (tertiary/aromatic N) is 1. The second kappa shape index (κ2) is 6.91. The van der Waals surface area contributed by atoms with Crippen LogP contribution in [0.2, 0.25) is 5.02 Å². The normalized spacial score (nSPS) is 10.2. The molecule has 0 bridgehead atoms. The first-order valence-corrected chi connectivity index (χ1v) is 6.70. The molecular weight excluding hydrogens is 276 g/mol. The predicted octanol–water partition coefficient (Wildman–Crippen LogP) is 1.69. The Balaban J connectivity index is 1.76. The quantitative estimate of drug-likeness (QED) is 0.824. The van der Waals surface area contributed by atoms with Crippen LogP contribution in [0.3, 0.4) is 0 Å². The van der Waals surface area contributed by atoms with Gasteiger partial charge in [-0.05, 0) is 30.2 Å². The minimum Gasteiger partial charge on any atom is -0.503 e. The van der Waals surface area contributed by atoms with Crippen LogP contribution in [0, 0.1) is 0 Å². The standard InChI is InChI=1S/C15H15ClN2O2/c16-13-5-3-12(4-6-13)7-8-17-15(20)11-18-9-1-2-14(19)10-18/h1-6,9-10H,7-8,11H2,(H-,17,19,20)/p+1. The third-order valence-corrected chi connectivity index (χ3v) is 3.07. The zero-order valence-electron chi connectivity index (χ0n) is 10.9. The lowest BCUT2D eigenvalue weighted by atomic mass is 10.1. The molecule has 1 aromatic heterocycles. The lowest BCUT2D eigenvalue weighted by molar-refractivity contribution is -0.684. The third-order valence-electron chi connectivity index (χ3n) is 2.82. The molecule has 5 heteroatoms. The van der Waals surface area contributed by atoms with E-state index in [1.807, 2.05) is 24.3 Å². The highest BCUT2D eigenvalue weighted by atomic mass is 35.5. The van der Waals surface area contributed by atoms with Gasteiger partial charge >= 0.3 is 0 Å². The van der Waals surface area contributed by atoms with E-state index in [1.54, 1.807) is 22.9 Å². The van der Waals surface area contributed by atoms with Crippen molar-refractivity contribution in [2.75, 3.05) is 6.54 Å². The SMILES string of the molecule is O=C(C[n+]1cccc(O)c1)NCCc1ccc(Cl)cc1. The van der Waals surface area contributed by atoms with E-state index in [0.717, 1.165) is 12.0 Å². The van der Waals surface area contributed by atoms with Gasteiger partial charge in [0.1, 0.15) is 0 Å². The number of rotatable bonds is 5.